The van der Waals surface area contributed by atoms with Gasteiger partial charge in [0.2, 0.25) is 10.0 Å². The summed E-state index contributed by atoms with van der Waals surface area (Å²) in [4.78, 5) is 12.3. The molecule has 0 spiro atoms. The number of rotatable bonds is 6. The summed E-state index contributed by atoms with van der Waals surface area (Å²) >= 11 is 0. The number of primary sulfonamides is 1. The van der Waals surface area contributed by atoms with Crippen LogP contribution in [0, 0.1) is 19.8 Å². The molecule has 132 valence electrons. The van der Waals surface area contributed by atoms with Crippen LogP contribution in [0.4, 0.5) is 0 Å². The summed E-state index contributed by atoms with van der Waals surface area (Å²) in [6.45, 7) is 7.83. The number of carbonyl (C=O) groups excluding carboxylic acids is 1. The highest BCUT2D eigenvalue weighted by Crippen LogP contribution is 2.20. The minimum Gasteiger partial charge on any atom is -0.348 e. The Bertz CT molecular complexity index is 660. The van der Waals surface area contributed by atoms with Crippen molar-refractivity contribution in [3.8, 4) is 0 Å². The SMILES string of the molecule is Cc1cc(C(=O)NC(CN)CC(C)C)cc(S(N)(=O)=O)c1C.Cl. The van der Waals surface area contributed by atoms with Crippen molar-refractivity contribution in [2.45, 2.75) is 45.1 Å². The van der Waals surface area contributed by atoms with Gasteiger partial charge in [0.25, 0.3) is 5.91 Å². The van der Waals surface area contributed by atoms with Crippen molar-refractivity contribution < 1.29 is 13.2 Å². The molecule has 1 atom stereocenters. The lowest BCUT2D eigenvalue weighted by molar-refractivity contribution is 0.0933. The summed E-state index contributed by atoms with van der Waals surface area (Å²) in [5.41, 5.74) is 7.19. The Kier molecular flexibility index (Phi) is 8.20. The highest BCUT2D eigenvalue weighted by Gasteiger charge is 2.19. The first-order chi connectivity index (χ1) is 10.1. The maximum Gasteiger partial charge on any atom is 0.251 e. The van der Waals surface area contributed by atoms with Crippen molar-refractivity contribution in [1.29, 1.82) is 0 Å². The Hall–Kier alpha value is -1.15. The molecule has 1 unspecified atom stereocenters. The lowest BCUT2D eigenvalue weighted by Crippen LogP contribution is -2.41. The van der Waals surface area contributed by atoms with Gasteiger partial charge in [-0.15, -0.1) is 12.4 Å². The third-order valence-electron chi connectivity index (χ3n) is 3.56. The number of carbonyl (C=O) groups is 1. The van der Waals surface area contributed by atoms with Crippen molar-refractivity contribution in [2.24, 2.45) is 16.8 Å². The molecule has 0 saturated heterocycles. The zero-order valence-electron chi connectivity index (χ0n) is 13.9. The predicted octanol–water partition coefficient (Wildman–Crippen LogP) is 1.48. The number of nitrogens with one attached hydrogen (secondary N) is 1. The van der Waals surface area contributed by atoms with Crippen LogP contribution in [-0.4, -0.2) is 26.9 Å². The molecule has 1 amide bonds. The number of amides is 1. The third-order valence-corrected chi connectivity index (χ3v) is 4.60. The van der Waals surface area contributed by atoms with Crippen LogP contribution in [0.25, 0.3) is 0 Å². The van der Waals surface area contributed by atoms with Crippen LogP contribution in [-0.2, 0) is 10.0 Å². The van der Waals surface area contributed by atoms with E-state index in [2.05, 4.69) is 5.32 Å². The molecular weight excluding hydrogens is 338 g/mol. The summed E-state index contributed by atoms with van der Waals surface area (Å²) in [6.07, 6.45) is 0.759. The molecule has 0 aliphatic carbocycles. The van der Waals surface area contributed by atoms with Crippen LogP contribution in [0.3, 0.4) is 0 Å². The quantitative estimate of drug-likeness (QED) is 0.709. The Labute approximate surface area is 144 Å². The normalized spacial score (nSPS) is 12.7. The van der Waals surface area contributed by atoms with E-state index in [9.17, 15) is 13.2 Å². The molecule has 5 N–H and O–H groups in total. The second kappa shape index (κ2) is 8.63. The molecule has 0 aliphatic rings. The molecule has 0 bridgehead atoms. The molecule has 8 heteroatoms. The first kappa shape index (κ1) is 21.9. The van der Waals surface area contributed by atoms with Crippen LogP contribution in [0.5, 0.6) is 0 Å². The van der Waals surface area contributed by atoms with E-state index in [4.69, 9.17) is 10.9 Å². The van der Waals surface area contributed by atoms with Crippen LogP contribution in [0.2, 0.25) is 0 Å². The number of hydrogen-bond acceptors (Lipinski definition) is 4. The smallest absolute Gasteiger partial charge is 0.251 e. The molecule has 1 aromatic rings. The Morgan fingerprint density at radius 1 is 1.26 bits per heavy atom. The van der Waals surface area contributed by atoms with Gasteiger partial charge in [-0.05, 0) is 49.4 Å². The molecule has 0 heterocycles. The van der Waals surface area contributed by atoms with Gasteiger partial charge in [-0.25, -0.2) is 13.6 Å². The highest BCUT2D eigenvalue weighted by atomic mass is 35.5. The van der Waals surface area contributed by atoms with Crippen molar-refractivity contribution in [3.63, 3.8) is 0 Å². The first-order valence-corrected chi connectivity index (χ1v) is 8.75. The van der Waals surface area contributed by atoms with Crippen LogP contribution >= 0.6 is 12.4 Å². The van der Waals surface area contributed by atoms with Gasteiger partial charge in [-0.1, -0.05) is 13.8 Å². The van der Waals surface area contributed by atoms with Crippen LogP contribution in [0.15, 0.2) is 17.0 Å². The van der Waals surface area contributed by atoms with Gasteiger partial charge in [-0.2, -0.15) is 0 Å². The lowest BCUT2D eigenvalue weighted by atomic mass is 10.0. The van der Waals surface area contributed by atoms with Gasteiger partial charge < -0.3 is 11.1 Å². The molecule has 1 aromatic carbocycles. The van der Waals surface area contributed by atoms with E-state index in [1.54, 1.807) is 19.9 Å². The summed E-state index contributed by atoms with van der Waals surface area (Å²) in [5.74, 6) is 0.0534. The van der Waals surface area contributed by atoms with Gasteiger partial charge in [0, 0.05) is 18.2 Å². The molecule has 1 rings (SSSR count). The maximum absolute atomic E-state index is 12.3. The average Bonchev–Trinajstić information content (AvgIpc) is 2.38. The molecule has 6 nitrogen and oxygen atoms in total. The zero-order chi connectivity index (χ0) is 17.1. The minimum atomic E-state index is -3.87. The summed E-state index contributed by atoms with van der Waals surface area (Å²) < 4.78 is 23.3. The van der Waals surface area contributed by atoms with E-state index in [1.165, 1.54) is 6.07 Å². The summed E-state index contributed by atoms with van der Waals surface area (Å²) in [7, 11) is -3.87. The van der Waals surface area contributed by atoms with Gasteiger partial charge in [0.1, 0.15) is 0 Å². The lowest BCUT2D eigenvalue weighted by Gasteiger charge is -2.19. The predicted molar refractivity (Wildman–Crippen MR) is 94.3 cm³/mol. The second-order valence-electron chi connectivity index (χ2n) is 6.00. The third kappa shape index (κ3) is 6.10. The van der Waals surface area contributed by atoms with Gasteiger partial charge in [0.05, 0.1) is 4.90 Å². The fourth-order valence-electron chi connectivity index (χ4n) is 2.31. The van der Waals surface area contributed by atoms with Crippen LogP contribution in [0.1, 0.15) is 41.8 Å². The zero-order valence-corrected chi connectivity index (χ0v) is 15.6. The molecule has 0 aliphatic heterocycles. The highest BCUT2D eigenvalue weighted by molar-refractivity contribution is 7.89. The van der Waals surface area contributed by atoms with Gasteiger partial charge in [0.15, 0.2) is 0 Å². The van der Waals surface area contributed by atoms with E-state index in [0.29, 0.717) is 23.6 Å². The Morgan fingerprint density at radius 2 is 1.83 bits per heavy atom. The van der Waals surface area contributed by atoms with Gasteiger partial charge in [-0.3, -0.25) is 4.79 Å². The van der Waals surface area contributed by atoms with E-state index in [1.807, 2.05) is 13.8 Å². The fourth-order valence-corrected chi connectivity index (χ4v) is 3.18. The van der Waals surface area contributed by atoms with Crippen LogP contribution < -0.4 is 16.2 Å². The molecule has 0 aromatic heterocycles. The van der Waals surface area contributed by atoms with Crippen molar-refractivity contribution in [2.75, 3.05) is 6.54 Å². The first-order valence-electron chi connectivity index (χ1n) is 7.21. The van der Waals surface area contributed by atoms with Crippen molar-refractivity contribution in [3.05, 3.63) is 28.8 Å². The minimum absolute atomic E-state index is 0. The van der Waals surface area contributed by atoms with Crippen molar-refractivity contribution >= 4 is 28.3 Å². The standard InChI is InChI=1S/C15H25N3O3S.ClH/c1-9(2)5-13(8-16)18-15(19)12-6-10(3)11(4)14(7-12)22(17,20)21;/h6-7,9,13H,5,8,16H2,1-4H3,(H,18,19)(H2,17,20,21);1H. The fraction of sp³-hybridized carbons (Fsp3) is 0.533. The van der Waals surface area contributed by atoms with E-state index >= 15 is 0 Å². The number of benzene rings is 1. The average molecular weight is 364 g/mol. The van der Waals surface area contributed by atoms with E-state index in [0.717, 1.165) is 6.42 Å². The number of aryl methyl sites for hydroxylation is 1. The molecule has 0 saturated carbocycles. The number of halogens is 1. The topological polar surface area (TPSA) is 115 Å². The van der Waals surface area contributed by atoms with E-state index in [-0.39, 0.29) is 34.8 Å². The molecule has 0 radical (unpaired) electrons. The Morgan fingerprint density at radius 3 is 2.26 bits per heavy atom. The molecular formula is C15H26ClN3O3S. The number of nitrogens with two attached hydrogens (primary N) is 2. The van der Waals surface area contributed by atoms with Gasteiger partial charge >= 0.3 is 0 Å². The monoisotopic (exact) mass is 363 g/mol. The Balaban J connectivity index is 0.00000484. The molecule has 23 heavy (non-hydrogen) atoms. The number of sulfonamides is 1. The largest absolute Gasteiger partial charge is 0.348 e. The van der Waals surface area contributed by atoms with Crippen molar-refractivity contribution in [1.82, 2.24) is 5.32 Å². The summed E-state index contributed by atoms with van der Waals surface area (Å²) in [6, 6.07) is 2.82. The second-order valence-corrected chi connectivity index (χ2v) is 7.53. The summed E-state index contributed by atoms with van der Waals surface area (Å²) in [5, 5.41) is 8.05. The van der Waals surface area contributed by atoms with E-state index < -0.39 is 10.0 Å². The maximum atomic E-state index is 12.3. The molecule has 0 fully saturated rings. The number of hydrogen-bond donors (Lipinski definition) is 3.